The molecule has 96 valence electrons. The molecule has 0 fully saturated rings. The Morgan fingerprint density at radius 1 is 1.44 bits per heavy atom. The fraction of sp³-hybridized carbons (Fsp3) is 0.333. The van der Waals surface area contributed by atoms with Crippen LogP contribution >= 0.6 is 22.6 Å². The standard InChI is InChI=1S/C12H12FIN2O2/c1-12(2,3)18-11(17)16-10-7(6-15-16)4-8(13)5-9(10)14/h4-6H,1-3H3. The molecule has 0 amide bonds. The van der Waals surface area contributed by atoms with Crippen LogP contribution in [-0.2, 0) is 4.74 Å². The molecular weight excluding hydrogens is 350 g/mol. The van der Waals surface area contributed by atoms with Crippen molar-refractivity contribution in [2.24, 2.45) is 0 Å². The van der Waals surface area contributed by atoms with Gasteiger partial charge >= 0.3 is 6.09 Å². The summed E-state index contributed by atoms with van der Waals surface area (Å²) in [6.07, 6.45) is 0.881. The molecule has 0 aliphatic carbocycles. The van der Waals surface area contributed by atoms with Crippen molar-refractivity contribution in [2.75, 3.05) is 0 Å². The monoisotopic (exact) mass is 362 g/mol. The molecule has 2 rings (SSSR count). The van der Waals surface area contributed by atoms with E-state index in [9.17, 15) is 9.18 Å². The summed E-state index contributed by atoms with van der Waals surface area (Å²) < 4.78 is 20.2. The van der Waals surface area contributed by atoms with Gasteiger partial charge in [0.2, 0.25) is 0 Å². The molecule has 4 nitrogen and oxygen atoms in total. The van der Waals surface area contributed by atoms with Gasteiger partial charge in [-0.3, -0.25) is 0 Å². The van der Waals surface area contributed by atoms with Crippen LogP contribution in [0.3, 0.4) is 0 Å². The van der Waals surface area contributed by atoms with E-state index in [1.807, 2.05) is 22.6 Å². The summed E-state index contributed by atoms with van der Waals surface area (Å²) in [6, 6.07) is 2.69. The number of fused-ring (bicyclic) bond motifs is 1. The first-order valence-electron chi connectivity index (χ1n) is 5.34. The number of ether oxygens (including phenoxy) is 1. The van der Waals surface area contributed by atoms with Gasteiger partial charge in [-0.2, -0.15) is 9.78 Å². The maximum atomic E-state index is 13.2. The molecule has 0 radical (unpaired) electrons. The summed E-state index contributed by atoms with van der Waals surface area (Å²) in [7, 11) is 0. The normalized spacial score (nSPS) is 11.8. The maximum Gasteiger partial charge on any atom is 0.435 e. The largest absolute Gasteiger partial charge is 0.442 e. The van der Waals surface area contributed by atoms with Gasteiger partial charge in [-0.05, 0) is 55.5 Å². The molecule has 6 heteroatoms. The van der Waals surface area contributed by atoms with Crippen LogP contribution in [0.5, 0.6) is 0 Å². The molecule has 0 saturated carbocycles. The van der Waals surface area contributed by atoms with Crippen LogP contribution in [0.25, 0.3) is 10.9 Å². The summed E-state index contributed by atoms with van der Waals surface area (Å²) in [5.74, 6) is -0.351. The van der Waals surface area contributed by atoms with Crippen LogP contribution in [0.2, 0.25) is 0 Å². The smallest absolute Gasteiger partial charge is 0.435 e. The summed E-state index contributed by atoms with van der Waals surface area (Å²) >= 11 is 1.97. The summed E-state index contributed by atoms with van der Waals surface area (Å²) in [5, 5.41) is 4.53. The maximum absolute atomic E-state index is 13.2. The Kier molecular flexibility index (Phi) is 3.31. The van der Waals surface area contributed by atoms with Gasteiger partial charge in [0.1, 0.15) is 11.4 Å². The molecule has 0 unspecified atom stereocenters. The lowest BCUT2D eigenvalue weighted by Gasteiger charge is -2.19. The quantitative estimate of drug-likeness (QED) is 0.674. The molecular formula is C12H12FIN2O2. The number of carbonyl (C=O) groups excluding carboxylic acids is 1. The fourth-order valence-corrected chi connectivity index (χ4v) is 2.37. The first kappa shape index (κ1) is 13.3. The van der Waals surface area contributed by atoms with Crippen LogP contribution in [-0.4, -0.2) is 21.5 Å². The highest BCUT2D eigenvalue weighted by molar-refractivity contribution is 14.1. The van der Waals surface area contributed by atoms with E-state index in [4.69, 9.17) is 4.74 Å². The first-order chi connectivity index (χ1) is 8.28. The summed E-state index contributed by atoms with van der Waals surface area (Å²) in [5.41, 5.74) is -0.0351. The van der Waals surface area contributed by atoms with Gasteiger partial charge in [-0.25, -0.2) is 9.18 Å². The number of aromatic nitrogens is 2. The Bertz CT molecular complexity index is 616. The zero-order valence-corrected chi connectivity index (χ0v) is 12.4. The summed E-state index contributed by atoms with van der Waals surface area (Å²) in [4.78, 5) is 12.0. The van der Waals surface area contributed by atoms with Crippen molar-refractivity contribution in [3.8, 4) is 0 Å². The SMILES string of the molecule is CC(C)(C)OC(=O)n1ncc2cc(F)cc(I)c21. The van der Waals surface area contributed by atoms with E-state index < -0.39 is 11.7 Å². The van der Waals surface area contributed by atoms with Crippen molar-refractivity contribution < 1.29 is 13.9 Å². The average Bonchev–Trinajstić information content (AvgIpc) is 2.58. The van der Waals surface area contributed by atoms with Gasteiger partial charge < -0.3 is 4.74 Å². The third kappa shape index (κ3) is 2.63. The summed E-state index contributed by atoms with van der Waals surface area (Å²) in [6.45, 7) is 5.34. The molecule has 2 aromatic rings. The minimum atomic E-state index is -0.596. The van der Waals surface area contributed by atoms with Crippen LogP contribution in [0.4, 0.5) is 9.18 Å². The lowest BCUT2D eigenvalue weighted by atomic mass is 10.2. The fourth-order valence-electron chi connectivity index (χ4n) is 1.53. The second kappa shape index (κ2) is 4.49. The highest BCUT2D eigenvalue weighted by atomic mass is 127. The topological polar surface area (TPSA) is 44.1 Å². The first-order valence-corrected chi connectivity index (χ1v) is 6.42. The van der Waals surface area contributed by atoms with E-state index >= 15 is 0 Å². The van der Waals surface area contributed by atoms with Gasteiger partial charge in [0.05, 0.1) is 11.7 Å². The van der Waals surface area contributed by atoms with Crippen molar-refractivity contribution in [3.05, 3.63) is 27.7 Å². The number of hydrogen-bond acceptors (Lipinski definition) is 3. The van der Waals surface area contributed by atoms with Crippen molar-refractivity contribution in [1.82, 2.24) is 9.78 Å². The second-order valence-corrected chi connectivity index (χ2v) is 6.02. The Morgan fingerprint density at radius 2 is 2.11 bits per heavy atom. The highest BCUT2D eigenvalue weighted by Gasteiger charge is 2.21. The van der Waals surface area contributed by atoms with E-state index in [1.54, 1.807) is 20.8 Å². The molecule has 1 heterocycles. The van der Waals surface area contributed by atoms with E-state index in [0.29, 0.717) is 14.5 Å². The number of carbonyl (C=O) groups is 1. The van der Waals surface area contributed by atoms with Gasteiger partial charge in [0.25, 0.3) is 0 Å². The minimum Gasteiger partial charge on any atom is -0.442 e. The predicted octanol–water partition coefficient (Wildman–Crippen LogP) is 3.56. The lowest BCUT2D eigenvalue weighted by Crippen LogP contribution is -2.27. The van der Waals surface area contributed by atoms with E-state index in [1.165, 1.54) is 18.3 Å². The van der Waals surface area contributed by atoms with Gasteiger partial charge in [-0.15, -0.1) is 0 Å². The lowest BCUT2D eigenvalue weighted by molar-refractivity contribution is 0.0522. The van der Waals surface area contributed by atoms with Crippen LogP contribution in [0.15, 0.2) is 18.3 Å². The second-order valence-electron chi connectivity index (χ2n) is 4.86. The Labute approximate surface area is 117 Å². The number of rotatable bonds is 0. The molecule has 1 aromatic carbocycles. The molecule has 0 saturated heterocycles. The van der Waals surface area contributed by atoms with E-state index in [-0.39, 0.29) is 5.82 Å². The van der Waals surface area contributed by atoms with Crippen molar-refractivity contribution >= 4 is 39.6 Å². The van der Waals surface area contributed by atoms with Crippen LogP contribution < -0.4 is 0 Å². The molecule has 0 spiro atoms. The molecule has 0 aliphatic heterocycles. The molecule has 0 N–H and O–H groups in total. The Balaban J connectivity index is 2.50. The average molecular weight is 362 g/mol. The molecule has 1 aromatic heterocycles. The van der Waals surface area contributed by atoms with Gasteiger partial charge in [0.15, 0.2) is 0 Å². The number of halogens is 2. The zero-order valence-electron chi connectivity index (χ0n) is 10.2. The van der Waals surface area contributed by atoms with Crippen LogP contribution in [0, 0.1) is 9.39 Å². The Morgan fingerprint density at radius 3 is 2.72 bits per heavy atom. The van der Waals surface area contributed by atoms with Crippen molar-refractivity contribution in [2.45, 2.75) is 26.4 Å². The third-order valence-corrected chi connectivity index (χ3v) is 2.97. The zero-order chi connectivity index (χ0) is 13.5. The van der Waals surface area contributed by atoms with Gasteiger partial charge in [-0.1, -0.05) is 0 Å². The minimum absolute atomic E-state index is 0.351. The number of benzene rings is 1. The molecule has 0 atom stereocenters. The van der Waals surface area contributed by atoms with Crippen molar-refractivity contribution in [1.29, 1.82) is 0 Å². The Hall–Kier alpha value is -1.18. The van der Waals surface area contributed by atoms with Gasteiger partial charge in [0, 0.05) is 8.96 Å². The number of hydrogen-bond donors (Lipinski definition) is 0. The predicted molar refractivity (Wildman–Crippen MR) is 74.0 cm³/mol. The number of nitrogens with zero attached hydrogens (tertiary/aromatic N) is 2. The third-order valence-electron chi connectivity index (χ3n) is 2.15. The molecule has 0 bridgehead atoms. The molecule has 18 heavy (non-hydrogen) atoms. The van der Waals surface area contributed by atoms with E-state index in [0.717, 1.165) is 4.68 Å². The molecule has 0 aliphatic rings. The van der Waals surface area contributed by atoms with Crippen LogP contribution in [0.1, 0.15) is 20.8 Å². The van der Waals surface area contributed by atoms with Crippen molar-refractivity contribution in [3.63, 3.8) is 0 Å². The highest BCUT2D eigenvalue weighted by Crippen LogP contribution is 2.23. The van der Waals surface area contributed by atoms with E-state index in [2.05, 4.69) is 5.10 Å².